The Morgan fingerprint density at radius 1 is 0.362 bits per heavy atom. The summed E-state index contributed by atoms with van der Waals surface area (Å²) in [6, 6.07) is 54.6. The van der Waals surface area contributed by atoms with Gasteiger partial charge in [-0.15, -0.1) is 0 Å². The van der Waals surface area contributed by atoms with E-state index in [1.54, 1.807) is 0 Å². The smallest absolute Gasteiger partial charge is 0.165 e. The van der Waals surface area contributed by atoms with E-state index in [0.29, 0.717) is 0 Å². The van der Waals surface area contributed by atoms with Crippen molar-refractivity contribution in [2.75, 3.05) is 0 Å². The average molecular weight is 596 g/mol. The summed E-state index contributed by atoms with van der Waals surface area (Å²) in [5.74, 6) is 0.838. The van der Waals surface area contributed by atoms with Crippen LogP contribution >= 0.6 is 0 Å². The molecule has 3 nitrogen and oxygen atoms in total. The monoisotopic (exact) mass is 595 g/mol. The Kier molecular flexibility index (Phi) is 4.84. The van der Waals surface area contributed by atoms with Crippen LogP contribution in [-0.2, 0) is 0 Å². The molecule has 0 N–H and O–H groups in total. The van der Waals surface area contributed by atoms with Crippen LogP contribution in [0.2, 0.25) is 0 Å². The largest absolute Gasteiger partial charge is 0.292 e. The SMILES string of the molecule is c1ccc(-c2cc3c4c5c6c(ccc7ccc8cccc-3c8c76)ccc5n(-c3nc5ccccc5nc3-c3ccccc3)c4c2)cc1. The molecule has 0 spiro atoms. The van der Waals surface area contributed by atoms with Crippen molar-refractivity contribution in [3.05, 3.63) is 152 Å². The number of aromatic nitrogens is 3. The molecule has 216 valence electrons. The van der Waals surface area contributed by atoms with Crippen molar-refractivity contribution in [3.8, 4) is 39.3 Å². The third kappa shape index (κ3) is 3.35. The lowest BCUT2D eigenvalue weighted by molar-refractivity contribution is 1.08. The molecule has 8 aromatic carbocycles. The Morgan fingerprint density at radius 3 is 1.72 bits per heavy atom. The average Bonchev–Trinajstić information content (AvgIpc) is 3.41. The molecule has 1 aliphatic carbocycles. The first kappa shape index (κ1) is 24.9. The lowest BCUT2D eigenvalue weighted by Crippen LogP contribution is -2.04. The first-order valence-corrected chi connectivity index (χ1v) is 16.1. The molecule has 0 amide bonds. The van der Waals surface area contributed by atoms with E-state index in [-0.39, 0.29) is 0 Å². The van der Waals surface area contributed by atoms with E-state index in [9.17, 15) is 0 Å². The summed E-state index contributed by atoms with van der Waals surface area (Å²) in [4.78, 5) is 10.7. The van der Waals surface area contributed by atoms with Gasteiger partial charge in [0, 0.05) is 21.7 Å². The zero-order chi connectivity index (χ0) is 30.6. The molecular formula is C44H25N3. The van der Waals surface area contributed by atoms with Gasteiger partial charge in [0.2, 0.25) is 0 Å². The summed E-state index contributed by atoms with van der Waals surface area (Å²) in [5.41, 5.74) is 10.8. The van der Waals surface area contributed by atoms with Crippen molar-refractivity contribution in [2.45, 2.75) is 0 Å². The standard InChI is InChI=1S/C44H25N3/c1-3-10-26(11-4-1)31-24-33-32-15-9-14-27-18-19-28-20-21-29-22-23-36-42(40(29)39(28)38(27)32)41(33)37(25-31)47(36)44-43(30-12-5-2-6-13-30)45-34-16-7-8-17-35(34)46-44/h1-25H. The van der Waals surface area contributed by atoms with E-state index in [1.165, 1.54) is 65.3 Å². The second kappa shape index (κ2) is 9.12. The predicted octanol–water partition coefficient (Wildman–Crippen LogP) is 11.5. The van der Waals surface area contributed by atoms with Gasteiger partial charge in [-0.25, -0.2) is 9.97 Å². The van der Waals surface area contributed by atoms with Crippen LogP contribution < -0.4 is 0 Å². The maximum absolute atomic E-state index is 5.42. The number of para-hydroxylation sites is 2. The summed E-state index contributed by atoms with van der Waals surface area (Å²) in [5, 5.41) is 10.3. The molecule has 47 heavy (non-hydrogen) atoms. The lowest BCUT2D eigenvalue weighted by Gasteiger charge is -2.16. The molecule has 11 rings (SSSR count). The van der Waals surface area contributed by atoms with E-state index < -0.39 is 0 Å². The summed E-state index contributed by atoms with van der Waals surface area (Å²) < 4.78 is 2.38. The lowest BCUT2D eigenvalue weighted by atomic mass is 9.91. The third-order valence-electron chi connectivity index (χ3n) is 10.0. The molecule has 10 aromatic rings. The second-order valence-electron chi connectivity index (χ2n) is 12.6. The van der Waals surface area contributed by atoms with Crippen molar-refractivity contribution in [1.82, 2.24) is 14.5 Å². The van der Waals surface area contributed by atoms with E-state index in [0.717, 1.165) is 39.1 Å². The molecule has 0 unspecified atom stereocenters. The fraction of sp³-hybridized carbons (Fsp3) is 0. The minimum absolute atomic E-state index is 0.838. The Hall–Kier alpha value is -6.32. The van der Waals surface area contributed by atoms with E-state index in [4.69, 9.17) is 9.97 Å². The second-order valence-corrected chi connectivity index (χ2v) is 12.6. The predicted molar refractivity (Wildman–Crippen MR) is 196 cm³/mol. The topological polar surface area (TPSA) is 30.7 Å². The highest BCUT2D eigenvalue weighted by Crippen LogP contribution is 2.51. The number of benzene rings is 8. The van der Waals surface area contributed by atoms with E-state index >= 15 is 0 Å². The van der Waals surface area contributed by atoms with Gasteiger partial charge in [0.25, 0.3) is 0 Å². The van der Waals surface area contributed by atoms with E-state index in [2.05, 4.69) is 144 Å². The molecule has 2 aromatic heterocycles. The molecule has 3 heteroatoms. The van der Waals surface area contributed by atoms with Crippen molar-refractivity contribution in [3.63, 3.8) is 0 Å². The Morgan fingerprint density at radius 2 is 0.979 bits per heavy atom. The fourth-order valence-corrected chi connectivity index (χ4v) is 8.03. The van der Waals surface area contributed by atoms with Crippen LogP contribution in [0.15, 0.2) is 152 Å². The minimum atomic E-state index is 0.838. The normalized spacial score (nSPS) is 12.3. The summed E-state index contributed by atoms with van der Waals surface area (Å²) in [6.45, 7) is 0. The molecule has 0 saturated carbocycles. The van der Waals surface area contributed by atoms with Crippen LogP contribution in [0.5, 0.6) is 0 Å². The number of rotatable bonds is 3. The van der Waals surface area contributed by atoms with Crippen molar-refractivity contribution >= 4 is 65.2 Å². The molecule has 0 aliphatic heterocycles. The van der Waals surface area contributed by atoms with E-state index in [1.807, 2.05) is 12.1 Å². The first-order chi connectivity index (χ1) is 23.3. The van der Waals surface area contributed by atoms with Gasteiger partial charge >= 0.3 is 0 Å². The molecule has 2 heterocycles. The van der Waals surface area contributed by atoms with Crippen LogP contribution in [0.25, 0.3) is 104 Å². The van der Waals surface area contributed by atoms with Gasteiger partial charge in [0.05, 0.1) is 22.1 Å². The highest BCUT2D eigenvalue weighted by molar-refractivity contribution is 6.38. The van der Waals surface area contributed by atoms with Gasteiger partial charge in [-0.1, -0.05) is 121 Å². The van der Waals surface area contributed by atoms with Gasteiger partial charge in [0.1, 0.15) is 5.69 Å². The maximum Gasteiger partial charge on any atom is 0.165 e. The molecule has 0 atom stereocenters. The number of hydrogen-bond donors (Lipinski definition) is 0. The number of hydrogen-bond acceptors (Lipinski definition) is 2. The summed E-state index contributed by atoms with van der Waals surface area (Å²) in [7, 11) is 0. The zero-order valence-electron chi connectivity index (χ0n) is 25.3. The molecule has 1 aliphatic rings. The van der Waals surface area contributed by atoms with Crippen molar-refractivity contribution in [1.29, 1.82) is 0 Å². The third-order valence-corrected chi connectivity index (χ3v) is 10.0. The highest BCUT2D eigenvalue weighted by Gasteiger charge is 2.27. The molecule has 0 radical (unpaired) electrons. The Labute approximate surface area is 270 Å². The molecular weight excluding hydrogens is 571 g/mol. The van der Waals surface area contributed by atoms with Gasteiger partial charge < -0.3 is 0 Å². The van der Waals surface area contributed by atoms with Crippen LogP contribution in [-0.4, -0.2) is 14.5 Å². The maximum atomic E-state index is 5.42. The van der Waals surface area contributed by atoms with Crippen molar-refractivity contribution in [2.24, 2.45) is 0 Å². The number of nitrogens with zero attached hydrogens (tertiary/aromatic N) is 3. The molecule has 0 saturated heterocycles. The van der Waals surface area contributed by atoms with Crippen LogP contribution in [0, 0.1) is 0 Å². The molecule has 0 bridgehead atoms. The van der Waals surface area contributed by atoms with Crippen LogP contribution in [0.3, 0.4) is 0 Å². The van der Waals surface area contributed by atoms with Gasteiger partial charge in [-0.05, 0) is 79.5 Å². The summed E-state index contributed by atoms with van der Waals surface area (Å²) in [6.07, 6.45) is 0. The van der Waals surface area contributed by atoms with Crippen molar-refractivity contribution < 1.29 is 0 Å². The van der Waals surface area contributed by atoms with Gasteiger partial charge in [0.15, 0.2) is 5.82 Å². The molecule has 0 fully saturated rings. The highest BCUT2D eigenvalue weighted by atomic mass is 15.1. The Balaban J connectivity index is 1.42. The first-order valence-electron chi connectivity index (χ1n) is 16.1. The fourth-order valence-electron chi connectivity index (χ4n) is 8.03. The zero-order valence-corrected chi connectivity index (χ0v) is 25.3. The van der Waals surface area contributed by atoms with Gasteiger partial charge in [-0.3, -0.25) is 4.57 Å². The van der Waals surface area contributed by atoms with Crippen LogP contribution in [0.1, 0.15) is 0 Å². The quantitative estimate of drug-likeness (QED) is 0.190. The summed E-state index contributed by atoms with van der Waals surface area (Å²) >= 11 is 0. The minimum Gasteiger partial charge on any atom is -0.292 e. The Bertz CT molecular complexity index is 2930. The number of fused-ring (bicyclic) bond motifs is 2. The van der Waals surface area contributed by atoms with Crippen LogP contribution in [0.4, 0.5) is 0 Å². The van der Waals surface area contributed by atoms with Gasteiger partial charge in [-0.2, -0.15) is 0 Å².